The van der Waals surface area contributed by atoms with Gasteiger partial charge in [-0.2, -0.15) is 8.42 Å². The number of fused-ring (bicyclic) bond motifs is 1. The Labute approximate surface area is 80.8 Å². The first-order chi connectivity index (χ1) is 6.57. The van der Waals surface area contributed by atoms with Crippen molar-refractivity contribution in [1.29, 1.82) is 0 Å². The monoisotopic (exact) mass is 213 g/mol. The van der Waals surface area contributed by atoms with Crippen LogP contribution in [-0.2, 0) is 10.1 Å². The fourth-order valence-corrected chi connectivity index (χ4v) is 1.64. The molecule has 1 heterocycles. The van der Waals surface area contributed by atoms with Crippen molar-refractivity contribution in [3.05, 3.63) is 18.2 Å². The van der Waals surface area contributed by atoms with Gasteiger partial charge in [0, 0.05) is 6.21 Å². The second-order valence-corrected chi connectivity index (χ2v) is 4.15. The van der Waals surface area contributed by atoms with E-state index in [1.165, 1.54) is 24.4 Å². The third-order valence-electron chi connectivity index (χ3n) is 1.77. The molecule has 0 fully saturated rings. The summed E-state index contributed by atoms with van der Waals surface area (Å²) in [6, 6.07) is 4.00. The second kappa shape index (κ2) is 3.07. The van der Waals surface area contributed by atoms with E-state index in [2.05, 4.69) is 4.99 Å². The number of ether oxygens (including phenoxy) is 1. The highest BCUT2D eigenvalue weighted by Crippen LogP contribution is 2.31. The van der Waals surface area contributed by atoms with Crippen molar-refractivity contribution < 1.29 is 17.7 Å². The zero-order valence-electron chi connectivity index (χ0n) is 7.04. The van der Waals surface area contributed by atoms with Crippen molar-refractivity contribution in [1.82, 2.24) is 0 Å². The predicted octanol–water partition coefficient (Wildman–Crippen LogP) is 1.03. The van der Waals surface area contributed by atoms with Crippen molar-refractivity contribution in [2.45, 2.75) is 4.90 Å². The van der Waals surface area contributed by atoms with Gasteiger partial charge in [-0.15, -0.1) is 0 Å². The molecule has 1 aliphatic heterocycles. The largest absolute Gasteiger partial charge is 0.486 e. The molecule has 0 amide bonds. The number of aliphatic imine (C=N–C) groups is 1. The van der Waals surface area contributed by atoms with Crippen molar-refractivity contribution in [2.24, 2.45) is 4.99 Å². The summed E-state index contributed by atoms with van der Waals surface area (Å²) in [5, 5.41) is 0. The van der Waals surface area contributed by atoms with Gasteiger partial charge in [0.05, 0.1) is 4.90 Å². The van der Waals surface area contributed by atoms with Crippen molar-refractivity contribution in [2.75, 3.05) is 6.61 Å². The molecular formula is C8H7NO4S. The van der Waals surface area contributed by atoms with Crippen molar-refractivity contribution in [3.63, 3.8) is 0 Å². The smallest absolute Gasteiger partial charge is 0.294 e. The van der Waals surface area contributed by atoms with Crippen LogP contribution in [0.2, 0.25) is 0 Å². The Bertz CT molecular complexity index is 492. The average Bonchev–Trinajstić information content (AvgIpc) is 2.16. The lowest BCUT2D eigenvalue weighted by Gasteiger charge is -2.11. The lowest BCUT2D eigenvalue weighted by atomic mass is 10.3. The van der Waals surface area contributed by atoms with E-state index in [0.29, 0.717) is 18.0 Å². The fourth-order valence-electron chi connectivity index (χ4n) is 1.14. The SMILES string of the molecule is O=S(=O)(O)c1ccc2c(c1)N=CCO2. The van der Waals surface area contributed by atoms with Gasteiger partial charge in [-0.25, -0.2) is 0 Å². The van der Waals surface area contributed by atoms with Gasteiger partial charge < -0.3 is 4.74 Å². The summed E-state index contributed by atoms with van der Waals surface area (Å²) >= 11 is 0. The summed E-state index contributed by atoms with van der Waals surface area (Å²) in [4.78, 5) is 3.76. The zero-order chi connectivity index (χ0) is 10.2. The van der Waals surface area contributed by atoms with Crippen LogP contribution < -0.4 is 4.74 Å². The van der Waals surface area contributed by atoms with Crippen molar-refractivity contribution in [3.8, 4) is 5.75 Å². The van der Waals surface area contributed by atoms with E-state index in [4.69, 9.17) is 9.29 Å². The summed E-state index contributed by atoms with van der Waals surface area (Å²) in [5.41, 5.74) is 0.409. The summed E-state index contributed by atoms with van der Waals surface area (Å²) < 4.78 is 35.5. The van der Waals surface area contributed by atoms with Crippen LogP contribution in [0.25, 0.3) is 0 Å². The first-order valence-electron chi connectivity index (χ1n) is 3.84. The van der Waals surface area contributed by atoms with Gasteiger partial charge in [-0.1, -0.05) is 0 Å². The summed E-state index contributed by atoms with van der Waals surface area (Å²) in [6.45, 7) is 0.373. The highest BCUT2D eigenvalue weighted by molar-refractivity contribution is 7.85. The van der Waals surface area contributed by atoms with Crippen LogP contribution in [0, 0.1) is 0 Å². The summed E-state index contributed by atoms with van der Waals surface area (Å²) in [7, 11) is -4.17. The number of benzene rings is 1. The Hall–Kier alpha value is -1.40. The zero-order valence-corrected chi connectivity index (χ0v) is 7.86. The third kappa shape index (κ3) is 1.61. The minimum absolute atomic E-state index is 0.182. The molecule has 6 heteroatoms. The molecule has 5 nitrogen and oxygen atoms in total. The molecule has 0 spiro atoms. The van der Waals surface area contributed by atoms with Gasteiger partial charge in [-0.3, -0.25) is 9.55 Å². The standard InChI is InChI=1S/C8H7NO4S/c10-14(11,12)6-1-2-8-7(5-6)9-3-4-13-8/h1-3,5H,4H2,(H,10,11,12). The normalized spacial score (nSPS) is 14.6. The Morgan fingerprint density at radius 3 is 2.93 bits per heavy atom. The van der Waals surface area contributed by atoms with E-state index in [1.807, 2.05) is 0 Å². The van der Waals surface area contributed by atoms with Gasteiger partial charge in [0.2, 0.25) is 0 Å². The molecule has 0 atom stereocenters. The predicted molar refractivity (Wildman–Crippen MR) is 49.9 cm³/mol. The van der Waals surface area contributed by atoms with Gasteiger partial charge >= 0.3 is 0 Å². The molecular weight excluding hydrogens is 206 g/mol. The maximum atomic E-state index is 10.8. The number of rotatable bonds is 1. The van der Waals surface area contributed by atoms with E-state index in [1.54, 1.807) is 0 Å². The van der Waals surface area contributed by atoms with Crippen LogP contribution in [0.15, 0.2) is 28.1 Å². The Kier molecular flexibility index (Phi) is 2.01. The molecule has 1 aromatic rings. The van der Waals surface area contributed by atoms with Gasteiger partial charge in [-0.05, 0) is 18.2 Å². The van der Waals surface area contributed by atoms with E-state index >= 15 is 0 Å². The van der Waals surface area contributed by atoms with Gasteiger partial charge in [0.25, 0.3) is 10.1 Å². The van der Waals surface area contributed by atoms with Crippen LogP contribution in [0.4, 0.5) is 5.69 Å². The van der Waals surface area contributed by atoms with Gasteiger partial charge in [0.15, 0.2) is 0 Å². The highest BCUT2D eigenvalue weighted by Gasteiger charge is 2.14. The average molecular weight is 213 g/mol. The highest BCUT2D eigenvalue weighted by atomic mass is 32.2. The summed E-state index contributed by atoms with van der Waals surface area (Å²) in [6.07, 6.45) is 1.52. The maximum absolute atomic E-state index is 10.8. The van der Waals surface area contributed by atoms with E-state index in [-0.39, 0.29) is 4.90 Å². The lowest BCUT2D eigenvalue weighted by Crippen LogP contribution is -2.04. The number of hydrogen-bond acceptors (Lipinski definition) is 4. The minimum Gasteiger partial charge on any atom is -0.486 e. The van der Waals surface area contributed by atoms with E-state index in [9.17, 15) is 8.42 Å². The fraction of sp³-hybridized carbons (Fsp3) is 0.125. The molecule has 2 rings (SSSR count). The van der Waals surface area contributed by atoms with Crippen LogP contribution >= 0.6 is 0 Å². The molecule has 1 aromatic carbocycles. The Morgan fingerprint density at radius 2 is 2.21 bits per heavy atom. The van der Waals surface area contributed by atoms with Crippen molar-refractivity contribution >= 4 is 22.0 Å². The Balaban J connectivity index is 2.56. The molecule has 14 heavy (non-hydrogen) atoms. The molecule has 0 aromatic heterocycles. The first-order valence-corrected chi connectivity index (χ1v) is 5.28. The number of hydrogen-bond donors (Lipinski definition) is 1. The third-order valence-corrected chi connectivity index (χ3v) is 2.62. The molecule has 1 aliphatic rings. The number of nitrogens with zero attached hydrogens (tertiary/aromatic N) is 1. The molecule has 1 N–H and O–H groups in total. The minimum atomic E-state index is -4.17. The van der Waals surface area contributed by atoms with Gasteiger partial charge in [0.1, 0.15) is 18.0 Å². The first kappa shape index (κ1) is 9.17. The maximum Gasteiger partial charge on any atom is 0.294 e. The quantitative estimate of drug-likeness (QED) is 0.707. The lowest BCUT2D eigenvalue weighted by molar-refractivity contribution is 0.376. The molecule has 0 saturated heterocycles. The summed E-state index contributed by atoms with van der Waals surface area (Å²) in [5.74, 6) is 0.514. The van der Waals surface area contributed by atoms with E-state index in [0.717, 1.165) is 0 Å². The molecule has 0 radical (unpaired) electrons. The molecule has 0 aliphatic carbocycles. The Morgan fingerprint density at radius 1 is 1.43 bits per heavy atom. The van der Waals surface area contributed by atoms with Crippen LogP contribution in [-0.4, -0.2) is 25.8 Å². The molecule has 0 unspecified atom stereocenters. The topological polar surface area (TPSA) is 76.0 Å². The van der Waals surface area contributed by atoms with Crippen LogP contribution in [0.5, 0.6) is 5.75 Å². The van der Waals surface area contributed by atoms with E-state index < -0.39 is 10.1 Å². The molecule has 0 bridgehead atoms. The molecule has 74 valence electrons. The second-order valence-electron chi connectivity index (χ2n) is 2.73. The molecule has 0 saturated carbocycles. The van der Waals surface area contributed by atoms with Crippen LogP contribution in [0.3, 0.4) is 0 Å². The van der Waals surface area contributed by atoms with Crippen LogP contribution in [0.1, 0.15) is 0 Å².